The Hall–Kier alpha value is -1.51. The molecule has 0 amide bonds. The maximum atomic E-state index is 10.8. The summed E-state index contributed by atoms with van der Waals surface area (Å²) >= 11 is 4.60. The number of nitrogens with zero attached hydrogens (tertiary/aromatic N) is 3. The highest BCUT2D eigenvalue weighted by molar-refractivity contribution is 8.02. The molecule has 0 aliphatic heterocycles. The molecule has 20 heavy (non-hydrogen) atoms. The number of hydrogen-bond acceptors (Lipinski definition) is 7. The molecule has 0 aliphatic rings. The van der Waals surface area contributed by atoms with Gasteiger partial charge in [-0.15, -0.1) is 22.7 Å². The Kier molecular flexibility index (Phi) is 3.45. The van der Waals surface area contributed by atoms with E-state index in [0.29, 0.717) is 0 Å². The molecule has 3 rings (SSSR count). The molecule has 0 N–H and O–H groups in total. The molecule has 0 bridgehead atoms. The van der Waals surface area contributed by atoms with Gasteiger partial charge in [-0.1, -0.05) is 0 Å². The first-order valence-corrected chi connectivity index (χ1v) is 8.15. The van der Waals surface area contributed by atoms with Crippen LogP contribution in [0.3, 0.4) is 0 Å². The standard InChI is InChI=1S/C12H9N3O2S3/c1-6-7(2)18-11(13-6)20-12-14-9-4-3-8(15(16)17)5-10(9)19-12/h3-5H,1-2H3. The van der Waals surface area contributed by atoms with Crippen LogP contribution in [0.5, 0.6) is 0 Å². The van der Waals surface area contributed by atoms with Gasteiger partial charge < -0.3 is 0 Å². The molecule has 2 heterocycles. The van der Waals surface area contributed by atoms with E-state index in [9.17, 15) is 10.1 Å². The summed E-state index contributed by atoms with van der Waals surface area (Å²) in [6.07, 6.45) is 0. The van der Waals surface area contributed by atoms with Crippen LogP contribution in [-0.4, -0.2) is 14.9 Å². The number of non-ortho nitro benzene ring substituents is 1. The van der Waals surface area contributed by atoms with Gasteiger partial charge in [0.25, 0.3) is 5.69 Å². The van der Waals surface area contributed by atoms with Crippen LogP contribution in [-0.2, 0) is 0 Å². The average molecular weight is 323 g/mol. The van der Waals surface area contributed by atoms with E-state index in [-0.39, 0.29) is 10.6 Å². The highest BCUT2D eigenvalue weighted by Crippen LogP contribution is 2.37. The number of benzene rings is 1. The predicted molar refractivity (Wildman–Crippen MR) is 82.0 cm³/mol. The van der Waals surface area contributed by atoms with Crippen molar-refractivity contribution in [1.29, 1.82) is 0 Å². The number of hydrogen-bond donors (Lipinski definition) is 0. The highest BCUT2D eigenvalue weighted by Gasteiger charge is 2.12. The quantitative estimate of drug-likeness (QED) is 0.527. The Morgan fingerprint density at radius 2 is 1.95 bits per heavy atom. The molecule has 0 saturated heterocycles. The zero-order chi connectivity index (χ0) is 14.3. The lowest BCUT2D eigenvalue weighted by Crippen LogP contribution is -1.85. The number of fused-ring (bicyclic) bond motifs is 1. The van der Waals surface area contributed by atoms with Gasteiger partial charge in [-0.25, -0.2) is 9.97 Å². The topological polar surface area (TPSA) is 68.9 Å². The highest BCUT2D eigenvalue weighted by atomic mass is 32.2. The predicted octanol–water partition coefficient (Wildman–Crippen LogP) is 4.43. The molecular formula is C12H9N3O2S3. The van der Waals surface area contributed by atoms with Gasteiger partial charge in [-0.3, -0.25) is 10.1 Å². The van der Waals surface area contributed by atoms with E-state index in [1.807, 2.05) is 13.8 Å². The van der Waals surface area contributed by atoms with Crippen molar-refractivity contribution in [3.8, 4) is 0 Å². The first kappa shape index (κ1) is 13.5. The van der Waals surface area contributed by atoms with Crippen LogP contribution in [0.1, 0.15) is 10.6 Å². The molecule has 1 aromatic carbocycles. The number of rotatable bonds is 3. The molecule has 2 aromatic heterocycles. The molecule has 5 nitrogen and oxygen atoms in total. The molecule has 0 spiro atoms. The van der Waals surface area contributed by atoms with Gasteiger partial charge in [0, 0.05) is 17.0 Å². The Bertz CT molecular complexity index is 790. The summed E-state index contributed by atoms with van der Waals surface area (Å²) in [7, 11) is 0. The molecule has 0 unspecified atom stereocenters. The fraction of sp³-hybridized carbons (Fsp3) is 0.167. The Labute approximate surface area is 126 Å². The number of nitro groups is 1. The monoisotopic (exact) mass is 323 g/mol. The molecule has 3 aromatic rings. The van der Waals surface area contributed by atoms with Crippen LogP contribution in [0.2, 0.25) is 0 Å². The Morgan fingerprint density at radius 1 is 1.20 bits per heavy atom. The van der Waals surface area contributed by atoms with Crippen LogP contribution >= 0.6 is 34.4 Å². The lowest BCUT2D eigenvalue weighted by atomic mass is 10.3. The summed E-state index contributed by atoms with van der Waals surface area (Å²) in [5.74, 6) is 0. The molecule has 0 aliphatic carbocycles. The second-order valence-corrected chi connectivity index (χ2v) is 7.84. The third kappa shape index (κ3) is 2.54. The van der Waals surface area contributed by atoms with Crippen LogP contribution in [0, 0.1) is 24.0 Å². The second kappa shape index (κ2) is 5.12. The summed E-state index contributed by atoms with van der Waals surface area (Å²) in [6, 6.07) is 4.73. The SMILES string of the molecule is Cc1nc(Sc2nc3ccc([N+](=O)[O-])cc3s2)sc1C. The van der Waals surface area contributed by atoms with E-state index in [0.717, 1.165) is 24.6 Å². The van der Waals surface area contributed by atoms with Crippen molar-refractivity contribution in [3.05, 3.63) is 38.9 Å². The maximum Gasteiger partial charge on any atom is 0.270 e. The zero-order valence-electron chi connectivity index (χ0n) is 10.6. The van der Waals surface area contributed by atoms with Crippen LogP contribution in [0.15, 0.2) is 26.9 Å². The number of nitro benzene ring substituents is 1. The van der Waals surface area contributed by atoms with E-state index < -0.39 is 0 Å². The Balaban J connectivity index is 1.94. The molecule has 0 radical (unpaired) electrons. The zero-order valence-corrected chi connectivity index (χ0v) is 13.1. The minimum absolute atomic E-state index is 0.0960. The minimum atomic E-state index is -0.389. The van der Waals surface area contributed by atoms with Crippen molar-refractivity contribution < 1.29 is 4.92 Å². The lowest BCUT2D eigenvalue weighted by molar-refractivity contribution is -0.384. The molecule has 0 atom stereocenters. The fourth-order valence-corrected chi connectivity index (χ4v) is 5.06. The Morgan fingerprint density at radius 3 is 2.60 bits per heavy atom. The van der Waals surface area contributed by atoms with Gasteiger partial charge in [-0.05, 0) is 31.7 Å². The van der Waals surface area contributed by atoms with Gasteiger partial charge >= 0.3 is 0 Å². The smallest absolute Gasteiger partial charge is 0.258 e. The van der Waals surface area contributed by atoms with Crippen LogP contribution in [0.4, 0.5) is 5.69 Å². The fourth-order valence-electron chi connectivity index (χ4n) is 1.61. The molecule has 0 saturated carbocycles. The molecule has 0 fully saturated rings. The van der Waals surface area contributed by atoms with Gasteiger partial charge in [0.05, 0.1) is 20.8 Å². The molecular weight excluding hydrogens is 314 g/mol. The van der Waals surface area contributed by atoms with E-state index in [4.69, 9.17) is 0 Å². The largest absolute Gasteiger partial charge is 0.270 e. The van der Waals surface area contributed by atoms with Gasteiger partial charge in [0.2, 0.25) is 0 Å². The van der Waals surface area contributed by atoms with E-state index in [1.54, 1.807) is 23.5 Å². The first-order chi connectivity index (χ1) is 9.52. The maximum absolute atomic E-state index is 10.8. The molecule has 8 heteroatoms. The van der Waals surface area contributed by atoms with Crippen molar-refractivity contribution in [1.82, 2.24) is 9.97 Å². The third-order valence-electron chi connectivity index (χ3n) is 2.75. The number of thiazole rings is 2. The summed E-state index contributed by atoms with van der Waals surface area (Å²) in [6.45, 7) is 4.02. The van der Waals surface area contributed by atoms with Crippen LogP contribution in [0.25, 0.3) is 10.2 Å². The summed E-state index contributed by atoms with van der Waals surface area (Å²) in [4.78, 5) is 20.5. The van der Waals surface area contributed by atoms with E-state index in [1.165, 1.54) is 34.0 Å². The van der Waals surface area contributed by atoms with Crippen molar-refractivity contribution >= 4 is 50.3 Å². The van der Waals surface area contributed by atoms with Gasteiger partial charge in [0.15, 0.2) is 8.68 Å². The lowest BCUT2D eigenvalue weighted by Gasteiger charge is -1.88. The van der Waals surface area contributed by atoms with Crippen molar-refractivity contribution in [2.75, 3.05) is 0 Å². The normalized spacial score (nSPS) is 11.1. The third-order valence-corrected chi connectivity index (χ3v) is 5.96. The molecule has 102 valence electrons. The first-order valence-electron chi connectivity index (χ1n) is 5.70. The van der Waals surface area contributed by atoms with Crippen LogP contribution < -0.4 is 0 Å². The van der Waals surface area contributed by atoms with Crippen molar-refractivity contribution in [2.24, 2.45) is 0 Å². The summed E-state index contributed by atoms with van der Waals surface area (Å²) in [5, 5.41) is 10.8. The van der Waals surface area contributed by atoms with E-state index in [2.05, 4.69) is 9.97 Å². The van der Waals surface area contributed by atoms with Crippen molar-refractivity contribution in [3.63, 3.8) is 0 Å². The van der Waals surface area contributed by atoms with Gasteiger partial charge in [-0.2, -0.15) is 0 Å². The second-order valence-electron chi connectivity index (χ2n) is 4.11. The number of aryl methyl sites for hydroxylation is 2. The van der Waals surface area contributed by atoms with E-state index >= 15 is 0 Å². The average Bonchev–Trinajstić information content (AvgIpc) is 2.92. The minimum Gasteiger partial charge on any atom is -0.258 e. The number of aromatic nitrogens is 2. The van der Waals surface area contributed by atoms with Crippen molar-refractivity contribution in [2.45, 2.75) is 22.5 Å². The summed E-state index contributed by atoms with van der Waals surface area (Å²) in [5.41, 5.74) is 1.92. The van der Waals surface area contributed by atoms with Gasteiger partial charge in [0.1, 0.15) is 0 Å². The summed E-state index contributed by atoms with van der Waals surface area (Å²) < 4.78 is 2.63.